The van der Waals surface area contributed by atoms with Crippen molar-refractivity contribution in [3.63, 3.8) is 0 Å². The third-order valence-electron chi connectivity index (χ3n) is 3.84. The summed E-state index contributed by atoms with van der Waals surface area (Å²) in [6, 6.07) is 6.61. The lowest BCUT2D eigenvalue weighted by Crippen LogP contribution is -2.31. The van der Waals surface area contributed by atoms with Crippen molar-refractivity contribution >= 4 is 15.7 Å². The summed E-state index contributed by atoms with van der Waals surface area (Å²) in [6.45, 7) is 2.03. The molecule has 23 heavy (non-hydrogen) atoms. The van der Waals surface area contributed by atoms with Crippen molar-refractivity contribution in [2.24, 2.45) is 0 Å². The van der Waals surface area contributed by atoms with Crippen LogP contribution in [-0.2, 0) is 10.0 Å². The van der Waals surface area contributed by atoms with Gasteiger partial charge in [0.05, 0.1) is 11.0 Å². The Morgan fingerprint density at radius 2 is 2.13 bits per heavy atom. The van der Waals surface area contributed by atoms with Crippen LogP contribution in [0.15, 0.2) is 39.8 Å². The van der Waals surface area contributed by atoms with E-state index in [0.29, 0.717) is 30.8 Å². The second kappa shape index (κ2) is 5.74. The van der Waals surface area contributed by atoms with Crippen molar-refractivity contribution in [3.05, 3.63) is 51.9 Å². The molecule has 1 aromatic heterocycles. The molecule has 3 rings (SSSR count). The molecule has 1 aromatic carbocycles. The maximum Gasteiger partial charge on any atom is 0.289 e. The maximum absolute atomic E-state index is 12.9. The van der Waals surface area contributed by atoms with Gasteiger partial charge in [-0.3, -0.25) is 10.1 Å². The highest BCUT2D eigenvalue weighted by molar-refractivity contribution is 7.89. The predicted molar refractivity (Wildman–Crippen MR) is 80.2 cm³/mol. The van der Waals surface area contributed by atoms with Gasteiger partial charge in [0, 0.05) is 18.7 Å². The Kier molecular flexibility index (Phi) is 3.90. The monoisotopic (exact) mass is 337 g/mol. The largest absolute Gasteiger partial charge is 0.361 e. The van der Waals surface area contributed by atoms with Crippen molar-refractivity contribution in [2.75, 3.05) is 6.54 Å². The molecule has 8 nitrogen and oxygen atoms in total. The Morgan fingerprint density at radius 1 is 1.39 bits per heavy atom. The summed E-state index contributed by atoms with van der Waals surface area (Å²) in [4.78, 5) is 10.2. The van der Waals surface area contributed by atoms with E-state index in [9.17, 15) is 18.5 Å². The van der Waals surface area contributed by atoms with Crippen LogP contribution in [0, 0.1) is 17.0 Å². The highest BCUT2D eigenvalue weighted by atomic mass is 32.2. The van der Waals surface area contributed by atoms with E-state index in [4.69, 9.17) is 4.52 Å². The second-order valence-electron chi connectivity index (χ2n) is 5.36. The van der Waals surface area contributed by atoms with Crippen LogP contribution in [0.2, 0.25) is 0 Å². The molecular formula is C14H15N3O5S. The first kappa shape index (κ1) is 15.6. The first-order valence-corrected chi connectivity index (χ1v) is 8.54. The van der Waals surface area contributed by atoms with Crippen LogP contribution in [0.1, 0.15) is 30.3 Å². The number of nitro groups is 1. The van der Waals surface area contributed by atoms with Crippen molar-refractivity contribution in [1.29, 1.82) is 0 Å². The quantitative estimate of drug-likeness (QED) is 0.626. The van der Waals surface area contributed by atoms with Crippen LogP contribution in [0.5, 0.6) is 0 Å². The highest BCUT2D eigenvalue weighted by Crippen LogP contribution is 2.38. The lowest BCUT2D eigenvalue weighted by Gasteiger charge is -2.22. The highest BCUT2D eigenvalue weighted by Gasteiger charge is 2.40. The Labute approximate surface area is 132 Å². The van der Waals surface area contributed by atoms with Gasteiger partial charge in [-0.1, -0.05) is 17.3 Å². The summed E-state index contributed by atoms with van der Waals surface area (Å²) >= 11 is 0. The molecule has 0 bridgehead atoms. The minimum Gasteiger partial charge on any atom is -0.361 e. The lowest BCUT2D eigenvalue weighted by molar-refractivity contribution is -0.387. The lowest BCUT2D eigenvalue weighted by atomic mass is 10.1. The summed E-state index contributed by atoms with van der Waals surface area (Å²) in [5.74, 6) is 0.593. The van der Waals surface area contributed by atoms with Gasteiger partial charge < -0.3 is 4.52 Å². The minimum atomic E-state index is -3.99. The zero-order valence-corrected chi connectivity index (χ0v) is 13.2. The van der Waals surface area contributed by atoms with Crippen LogP contribution >= 0.6 is 0 Å². The molecule has 0 radical (unpaired) electrons. The topological polar surface area (TPSA) is 107 Å². The van der Waals surface area contributed by atoms with Crippen LogP contribution in [0.4, 0.5) is 5.69 Å². The minimum absolute atomic E-state index is 0.294. The Hall–Kier alpha value is -2.26. The van der Waals surface area contributed by atoms with E-state index in [2.05, 4.69) is 5.16 Å². The van der Waals surface area contributed by atoms with Gasteiger partial charge in [-0.2, -0.15) is 4.31 Å². The second-order valence-corrected chi connectivity index (χ2v) is 7.22. The van der Waals surface area contributed by atoms with Gasteiger partial charge in [-0.05, 0) is 25.8 Å². The number of para-hydroxylation sites is 1. The molecule has 0 spiro atoms. The first-order chi connectivity index (χ1) is 10.9. The van der Waals surface area contributed by atoms with E-state index in [1.165, 1.54) is 28.6 Å². The third-order valence-corrected chi connectivity index (χ3v) is 5.80. The van der Waals surface area contributed by atoms with Gasteiger partial charge in [0.15, 0.2) is 4.90 Å². The molecule has 0 unspecified atom stereocenters. The zero-order valence-electron chi connectivity index (χ0n) is 12.4. The fourth-order valence-electron chi connectivity index (χ4n) is 2.82. The summed E-state index contributed by atoms with van der Waals surface area (Å²) < 4.78 is 32.1. The molecule has 1 saturated heterocycles. The molecule has 0 amide bonds. The van der Waals surface area contributed by atoms with Crippen LogP contribution in [0.25, 0.3) is 0 Å². The molecule has 2 heterocycles. The van der Waals surface area contributed by atoms with E-state index < -0.39 is 26.7 Å². The number of nitrogens with zero attached hydrogens (tertiary/aromatic N) is 3. The van der Waals surface area contributed by atoms with Gasteiger partial charge in [0.2, 0.25) is 0 Å². The average molecular weight is 337 g/mol. The molecule has 2 aromatic rings. The Bertz CT molecular complexity index is 846. The molecular weight excluding hydrogens is 322 g/mol. The third kappa shape index (κ3) is 2.73. The number of benzene rings is 1. The number of aryl methyl sites for hydroxylation is 1. The molecule has 0 N–H and O–H groups in total. The summed E-state index contributed by atoms with van der Waals surface area (Å²) in [5.41, 5.74) is 0.108. The van der Waals surface area contributed by atoms with Gasteiger partial charge in [-0.25, -0.2) is 8.42 Å². The van der Waals surface area contributed by atoms with Crippen molar-refractivity contribution in [3.8, 4) is 0 Å². The average Bonchev–Trinajstić information content (AvgIpc) is 3.15. The molecule has 1 aliphatic rings. The molecule has 122 valence electrons. The number of hydrogen-bond acceptors (Lipinski definition) is 6. The number of rotatable bonds is 4. The first-order valence-electron chi connectivity index (χ1n) is 7.10. The van der Waals surface area contributed by atoms with Crippen molar-refractivity contribution in [2.45, 2.75) is 30.7 Å². The molecule has 0 saturated carbocycles. The fraction of sp³-hybridized carbons (Fsp3) is 0.357. The maximum atomic E-state index is 12.9. The Balaban J connectivity index is 2.04. The van der Waals surface area contributed by atoms with E-state index in [1.807, 2.05) is 0 Å². The number of sulfonamides is 1. The molecule has 1 fully saturated rings. The van der Waals surface area contributed by atoms with E-state index in [0.717, 1.165) is 0 Å². The summed E-state index contributed by atoms with van der Waals surface area (Å²) in [7, 11) is -3.99. The predicted octanol–water partition coefficient (Wildman–Crippen LogP) is 2.42. The van der Waals surface area contributed by atoms with Crippen LogP contribution < -0.4 is 0 Å². The number of hydrogen-bond donors (Lipinski definition) is 0. The van der Waals surface area contributed by atoms with Gasteiger partial charge in [-0.15, -0.1) is 0 Å². The molecule has 1 atom stereocenters. The molecule has 1 aliphatic heterocycles. The van der Waals surface area contributed by atoms with E-state index in [1.54, 1.807) is 13.0 Å². The van der Waals surface area contributed by atoms with Crippen LogP contribution in [0.3, 0.4) is 0 Å². The van der Waals surface area contributed by atoms with Crippen molar-refractivity contribution < 1.29 is 17.9 Å². The summed E-state index contributed by atoms with van der Waals surface area (Å²) in [5, 5.41) is 15.0. The molecule has 9 heteroatoms. The summed E-state index contributed by atoms with van der Waals surface area (Å²) in [6.07, 6.45) is 1.27. The normalized spacial score (nSPS) is 19.1. The zero-order chi connectivity index (χ0) is 16.6. The van der Waals surface area contributed by atoms with Gasteiger partial charge >= 0.3 is 0 Å². The van der Waals surface area contributed by atoms with E-state index >= 15 is 0 Å². The standard InChI is InChI=1S/C14H15N3O5S/c1-10-9-11(15-22-10)12-6-4-8-16(12)23(20,21)14-7-3-2-5-13(14)17(18)19/h2-3,5,7,9,12H,4,6,8H2,1H3/t12-/m1/s1. The van der Waals surface area contributed by atoms with E-state index in [-0.39, 0.29) is 4.90 Å². The van der Waals surface area contributed by atoms with Gasteiger partial charge in [0.1, 0.15) is 11.5 Å². The number of nitro benzene ring substituents is 1. The van der Waals surface area contributed by atoms with Gasteiger partial charge in [0.25, 0.3) is 15.7 Å². The fourth-order valence-corrected chi connectivity index (χ4v) is 4.65. The Morgan fingerprint density at radius 3 is 2.78 bits per heavy atom. The van der Waals surface area contributed by atoms with Crippen molar-refractivity contribution in [1.82, 2.24) is 9.46 Å². The smallest absolute Gasteiger partial charge is 0.289 e. The number of aromatic nitrogens is 1. The SMILES string of the molecule is Cc1cc([C@H]2CCCN2S(=O)(=O)c2ccccc2[N+](=O)[O-])no1. The van der Waals surface area contributed by atoms with Crippen LogP contribution in [-0.4, -0.2) is 29.3 Å². The molecule has 0 aliphatic carbocycles.